The Morgan fingerprint density at radius 2 is 1.00 bits per heavy atom. The molecule has 0 saturated heterocycles. The number of primary amides is 3. The molecule has 0 unspecified atom stereocenters. The summed E-state index contributed by atoms with van der Waals surface area (Å²) in [6, 6.07) is 9.91. The van der Waals surface area contributed by atoms with Gasteiger partial charge in [-0.2, -0.15) is 13.7 Å². The fraction of sp³-hybridized carbons (Fsp3) is 0.250. The van der Waals surface area contributed by atoms with Gasteiger partial charge in [-0.05, 0) is 18.2 Å². The molecule has 0 fully saturated rings. The Kier molecular flexibility index (Phi) is 9.51. The van der Waals surface area contributed by atoms with Gasteiger partial charge in [0.25, 0.3) is 37.9 Å². The smallest absolute Gasteiger partial charge is 0.254 e. The van der Waals surface area contributed by atoms with Crippen LogP contribution in [0.2, 0.25) is 0 Å². The summed E-state index contributed by atoms with van der Waals surface area (Å²) in [5, 5.41) is 0. The van der Waals surface area contributed by atoms with Crippen LogP contribution in [0.3, 0.4) is 0 Å². The van der Waals surface area contributed by atoms with Crippen molar-refractivity contribution >= 4 is 17.7 Å². The van der Waals surface area contributed by atoms with E-state index in [2.05, 4.69) is 0 Å². The normalized spacial score (nSPS) is 10.9. The molecule has 3 heterocycles. The molecule has 12 nitrogen and oxygen atoms in total. The van der Waals surface area contributed by atoms with Crippen LogP contribution >= 0.6 is 0 Å². The number of carbonyl (C=O) groups excluding carboxylic acids is 3. The van der Waals surface area contributed by atoms with Gasteiger partial charge in [0.2, 0.25) is 0 Å². The molecule has 6 N–H and O–H groups in total. The molecule has 0 aromatic carbocycles. The van der Waals surface area contributed by atoms with Crippen LogP contribution in [0.25, 0.3) is 0 Å². The topological polar surface area (TPSA) is 169 Å². The van der Waals surface area contributed by atoms with Gasteiger partial charge >= 0.3 is 0 Å². The fourth-order valence-electron chi connectivity index (χ4n) is 3.16. The average molecular weight is 498 g/mol. The van der Waals surface area contributed by atoms with Crippen LogP contribution in [-0.4, -0.2) is 37.0 Å². The second-order valence-electron chi connectivity index (χ2n) is 7.83. The molecule has 0 spiro atoms. The number of hydrogen-bond donors (Lipinski definition) is 3. The summed E-state index contributed by atoms with van der Waals surface area (Å²) >= 11 is 0. The van der Waals surface area contributed by atoms with Gasteiger partial charge in [-0.1, -0.05) is 0 Å². The van der Waals surface area contributed by atoms with E-state index in [4.69, 9.17) is 31.4 Å². The zero-order chi connectivity index (χ0) is 25.9. The van der Waals surface area contributed by atoms with Gasteiger partial charge in [-0.3, -0.25) is 14.4 Å². The van der Waals surface area contributed by atoms with Crippen molar-refractivity contribution in [2.24, 2.45) is 17.2 Å². The van der Waals surface area contributed by atoms with Crippen molar-refractivity contribution in [2.75, 3.05) is 13.2 Å². The first kappa shape index (κ1) is 26.3. The van der Waals surface area contributed by atoms with E-state index in [1.165, 1.54) is 0 Å². The number of amides is 3. The fourth-order valence-corrected chi connectivity index (χ4v) is 3.16. The highest BCUT2D eigenvalue weighted by Crippen LogP contribution is 1.99. The van der Waals surface area contributed by atoms with E-state index in [0.717, 1.165) is 0 Å². The predicted octanol–water partition coefficient (Wildman–Crippen LogP) is -1.46. The van der Waals surface area contributed by atoms with Crippen LogP contribution in [0.5, 0.6) is 0 Å². The summed E-state index contributed by atoms with van der Waals surface area (Å²) < 4.78 is 22.5. The highest BCUT2D eigenvalue weighted by atomic mass is 16.6. The minimum atomic E-state index is -0.544. The lowest BCUT2D eigenvalue weighted by Gasteiger charge is -2.15. The van der Waals surface area contributed by atoms with E-state index >= 15 is 0 Å². The SMILES string of the molecule is NC(=O)c1ccc[n+](COCC(COC[n+]2cccc(C(N)=O)c2)OC[n+]2cccc(C(N)=O)c2)c1. The lowest BCUT2D eigenvalue weighted by Crippen LogP contribution is -2.42. The molecule has 0 saturated carbocycles. The van der Waals surface area contributed by atoms with Crippen molar-refractivity contribution in [3.63, 3.8) is 0 Å². The third kappa shape index (κ3) is 8.20. The number of pyridine rings is 3. The Hall–Kier alpha value is -4.26. The minimum absolute atomic E-state index is 0.118. The van der Waals surface area contributed by atoms with Gasteiger partial charge in [-0.25, -0.2) is 0 Å². The summed E-state index contributed by atoms with van der Waals surface area (Å²) in [6.45, 7) is 0.750. The van der Waals surface area contributed by atoms with Crippen molar-refractivity contribution in [3.8, 4) is 0 Å². The molecule has 3 aromatic rings. The monoisotopic (exact) mass is 497 g/mol. The molecule has 0 radical (unpaired) electrons. The van der Waals surface area contributed by atoms with Crippen LogP contribution in [-0.2, 0) is 34.4 Å². The van der Waals surface area contributed by atoms with Gasteiger partial charge < -0.3 is 31.4 Å². The molecule has 12 heteroatoms. The largest absolute Gasteiger partial charge is 0.365 e. The molecular weight excluding hydrogens is 468 g/mol. The molecular formula is C24H29N6O6+3. The van der Waals surface area contributed by atoms with Gasteiger partial charge in [0.15, 0.2) is 37.2 Å². The summed E-state index contributed by atoms with van der Waals surface area (Å²) in [5.41, 5.74) is 17.1. The van der Waals surface area contributed by atoms with Gasteiger partial charge in [0.1, 0.15) is 22.8 Å². The molecule has 188 valence electrons. The Labute approximate surface area is 207 Å². The molecule has 3 amide bonds. The first-order valence-corrected chi connectivity index (χ1v) is 11.0. The van der Waals surface area contributed by atoms with Crippen LogP contribution in [0.4, 0.5) is 0 Å². The Morgan fingerprint density at radius 1 is 0.639 bits per heavy atom. The summed E-state index contributed by atoms with van der Waals surface area (Å²) in [6.07, 6.45) is 9.48. The van der Waals surface area contributed by atoms with Crippen molar-refractivity contribution in [1.82, 2.24) is 0 Å². The predicted molar refractivity (Wildman–Crippen MR) is 122 cm³/mol. The number of nitrogens with two attached hydrogens (primary N) is 3. The van der Waals surface area contributed by atoms with Gasteiger partial charge in [0.05, 0.1) is 13.2 Å². The third-order valence-electron chi connectivity index (χ3n) is 4.98. The Morgan fingerprint density at radius 3 is 1.36 bits per heavy atom. The zero-order valence-electron chi connectivity index (χ0n) is 19.6. The first-order valence-electron chi connectivity index (χ1n) is 11.0. The second-order valence-corrected chi connectivity index (χ2v) is 7.83. The van der Waals surface area contributed by atoms with Crippen LogP contribution in [0, 0.1) is 0 Å². The highest BCUT2D eigenvalue weighted by Gasteiger charge is 2.17. The van der Waals surface area contributed by atoms with E-state index in [9.17, 15) is 14.4 Å². The van der Waals surface area contributed by atoms with Gasteiger partial charge in [0, 0.05) is 18.2 Å². The molecule has 0 atom stereocenters. The summed E-state index contributed by atoms with van der Waals surface area (Å²) in [5.74, 6) is -1.61. The maximum atomic E-state index is 11.4. The van der Waals surface area contributed by atoms with Crippen molar-refractivity contribution < 1.29 is 42.3 Å². The minimum Gasteiger partial charge on any atom is -0.365 e. The number of hydrogen-bond acceptors (Lipinski definition) is 6. The Balaban J connectivity index is 1.60. The standard InChI is InChI=1S/C24H26N6O6/c25-22(31)18-4-1-7-28(10-18)15-34-13-21(36-17-30-9-3-6-20(12-30)24(27)33)14-35-16-29-8-2-5-19(11-29)23(26)32/h1-12,21H,13-17H2,(H3-3,25,26,27,31,32,33)/p+3. The van der Waals surface area contributed by atoms with Crippen molar-refractivity contribution in [1.29, 1.82) is 0 Å². The van der Waals surface area contributed by atoms with E-state index in [0.29, 0.717) is 16.7 Å². The lowest BCUT2D eigenvalue weighted by atomic mass is 10.3. The molecule has 0 aliphatic heterocycles. The number of rotatable bonds is 14. The van der Waals surface area contributed by atoms with E-state index < -0.39 is 23.8 Å². The summed E-state index contributed by atoms with van der Waals surface area (Å²) in [4.78, 5) is 34.2. The van der Waals surface area contributed by atoms with E-state index in [1.54, 1.807) is 87.3 Å². The number of ether oxygens (including phenoxy) is 3. The zero-order valence-corrected chi connectivity index (χ0v) is 19.6. The molecule has 3 rings (SSSR count). The molecule has 36 heavy (non-hydrogen) atoms. The number of aromatic nitrogens is 3. The van der Waals surface area contributed by atoms with Crippen LogP contribution in [0.15, 0.2) is 73.6 Å². The molecule has 0 bridgehead atoms. The third-order valence-corrected chi connectivity index (χ3v) is 4.98. The average Bonchev–Trinajstić information content (AvgIpc) is 2.87. The van der Waals surface area contributed by atoms with Crippen molar-refractivity contribution in [2.45, 2.75) is 26.3 Å². The molecule has 0 aliphatic carbocycles. The maximum Gasteiger partial charge on any atom is 0.254 e. The maximum absolute atomic E-state index is 11.4. The Bertz CT molecular complexity index is 1160. The number of carbonyl (C=O) groups is 3. The second kappa shape index (κ2) is 13.0. The quantitative estimate of drug-likeness (QED) is 0.230. The van der Waals surface area contributed by atoms with Crippen LogP contribution < -0.4 is 30.9 Å². The lowest BCUT2D eigenvalue weighted by molar-refractivity contribution is -0.742. The molecule has 3 aromatic heterocycles. The van der Waals surface area contributed by atoms with Crippen LogP contribution in [0.1, 0.15) is 31.1 Å². The summed E-state index contributed by atoms with van der Waals surface area (Å²) in [7, 11) is 0. The number of nitrogens with zero attached hydrogens (tertiary/aromatic N) is 3. The van der Waals surface area contributed by atoms with Gasteiger partial charge in [-0.15, -0.1) is 0 Å². The highest BCUT2D eigenvalue weighted by molar-refractivity contribution is 5.92. The molecule has 0 aliphatic rings. The first-order chi connectivity index (χ1) is 17.3. The van der Waals surface area contributed by atoms with Crippen molar-refractivity contribution in [3.05, 3.63) is 90.3 Å². The van der Waals surface area contributed by atoms with E-state index in [1.807, 2.05) is 0 Å². The van der Waals surface area contributed by atoms with E-state index in [-0.39, 0.29) is 33.4 Å².